The third-order valence-electron chi connectivity index (χ3n) is 5.35. The number of aromatic nitrogens is 1. The number of amides is 1. The molecule has 8 heteroatoms. The molecule has 2 saturated heterocycles. The van der Waals surface area contributed by atoms with Crippen LogP contribution in [0.4, 0.5) is 10.1 Å². The number of ether oxygens (including phenoxy) is 1. The van der Waals surface area contributed by atoms with E-state index in [1.807, 2.05) is 7.05 Å². The molecule has 0 unspecified atom stereocenters. The van der Waals surface area contributed by atoms with Gasteiger partial charge in [-0.1, -0.05) is 23.2 Å². The van der Waals surface area contributed by atoms with Crippen molar-refractivity contribution in [2.24, 2.45) is 5.92 Å². The fourth-order valence-corrected chi connectivity index (χ4v) is 4.47. The number of halogens is 3. The average Bonchev–Trinajstić information content (AvgIpc) is 3.22. The Morgan fingerprint density at radius 1 is 1.26 bits per heavy atom. The van der Waals surface area contributed by atoms with Gasteiger partial charge in [0.1, 0.15) is 0 Å². The second-order valence-electron chi connectivity index (χ2n) is 6.85. The highest BCUT2D eigenvalue weighted by Crippen LogP contribution is 2.49. The molecule has 2 aliphatic heterocycles. The SMILES string of the molecule is CN[C@@H]1C[C@H]2O[C@@H]1[C@H](c1ccnc(F)c1)[C@H]2C(=O)Nc1ccc(Cl)c(Cl)c1. The molecule has 142 valence electrons. The first-order valence-corrected chi connectivity index (χ1v) is 9.43. The van der Waals surface area contributed by atoms with Gasteiger partial charge in [-0.15, -0.1) is 0 Å². The molecule has 2 bridgehead atoms. The van der Waals surface area contributed by atoms with Crippen LogP contribution in [0.2, 0.25) is 10.0 Å². The zero-order chi connectivity index (χ0) is 19.1. The molecule has 2 N–H and O–H groups in total. The maximum atomic E-state index is 13.7. The van der Waals surface area contributed by atoms with Gasteiger partial charge in [-0.3, -0.25) is 4.79 Å². The molecule has 1 aromatic carbocycles. The number of benzene rings is 1. The van der Waals surface area contributed by atoms with Gasteiger partial charge in [0.15, 0.2) is 0 Å². The van der Waals surface area contributed by atoms with Crippen molar-refractivity contribution < 1.29 is 13.9 Å². The van der Waals surface area contributed by atoms with E-state index in [-0.39, 0.29) is 30.1 Å². The van der Waals surface area contributed by atoms with E-state index < -0.39 is 11.9 Å². The summed E-state index contributed by atoms with van der Waals surface area (Å²) in [5.41, 5.74) is 1.27. The van der Waals surface area contributed by atoms with Crippen molar-refractivity contribution in [1.82, 2.24) is 10.3 Å². The van der Waals surface area contributed by atoms with E-state index in [1.165, 1.54) is 12.3 Å². The van der Waals surface area contributed by atoms with Gasteiger partial charge in [0.05, 0.1) is 28.2 Å². The van der Waals surface area contributed by atoms with Crippen LogP contribution in [0.1, 0.15) is 17.9 Å². The molecule has 0 saturated carbocycles. The first-order chi connectivity index (χ1) is 13.0. The number of pyridine rings is 1. The second kappa shape index (κ2) is 7.36. The molecule has 0 aliphatic carbocycles. The average molecular weight is 410 g/mol. The zero-order valence-electron chi connectivity index (χ0n) is 14.5. The van der Waals surface area contributed by atoms with Crippen LogP contribution in [0, 0.1) is 11.9 Å². The number of rotatable bonds is 4. The van der Waals surface area contributed by atoms with Crippen LogP contribution < -0.4 is 10.6 Å². The number of nitrogens with zero attached hydrogens (tertiary/aromatic N) is 1. The molecule has 5 atom stereocenters. The Labute approximate surface area is 166 Å². The summed E-state index contributed by atoms with van der Waals surface area (Å²) in [5, 5.41) is 6.91. The third kappa shape index (κ3) is 3.43. The van der Waals surface area contributed by atoms with Gasteiger partial charge in [-0.05, 0) is 49.4 Å². The Hall–Kier alpha value is -1.73. The Morgan fingerprint density at radius 2 is 2.07 bits per heavy atom. The summed E-state index contributed by atoms with van der Waals surface area (Å²) in [5.74, 6) is -1.45. The standard InChI is InChI=1S/C19H18Cl2FN3O2/c1-23-13-8-14-17(19(26)25-10-2-3-11(20)12(21)7-10)16(18(13)27-14)9-4-5-24-15(22)6-9/h2-7,13-14,16-18,23H,8H2,1H3,(H,25,26)/t13-,14-,16-,17+,18+/m1/s1. The first-order valence-electron chi connectivity index (χ1n) is 8.68. The number of likely N-dealkylation sites (N-methyl/N-ethyl adjacent to an activating group) is 1. The number of fused-ring (bicyclic) bond motifs is 2. The van der Waals surface area contributed by atoms with Gasteiger partial charge < -0.3 is 15.4 Å². The van der Waals surface area contributed by atoms with E-state index >= 15 is 0 Å². The van der Waals surface area contributed by atoms with Crippen LogP contribution in [-0.4, -0.2) is 36.2 Å². The molecule has 1 amide bonds. The predicted molar refractivity (Wildman–Crippen MR) is 102 cm³/mol. The van der Waals surface area contributed by atoms with E-state index in [2.05, 4.69) is 15.6 Å². The van der Waals surface area contributed by atoms with Crippen molar-refractivity contribution in [2.45, 2.75) is 30.6 Å². The summed E-state index contributed by atoms with van der Waals surface area (Å²) in [6.45, 7) is 0. The fourth-order valence-electron chi connectivity index (χ4n) is 4.17. The largest absolute Gasteiger partial charge is 0.372 e. The van der Waals surface area contributed by atoms with E-state index in [9.17, 15) is 9.18 Å². The van der Waals surface area contributed by atoms with Gasteiger partial charge in [0, 0.05) is 23.8 Å². The Kier molecular flexibility index (Phi) is 5.07. The Morgan fingerprint density at radius 3 is 2.78 bits per heavy atom. The lowest BCUT2D eigenvalue weighted by Crippen LogP contribution is -2.45. The molecule has 27 heavy (non-hydrogen) atoms. The van der Waals surface area contributed by atoms with E-state index in [1.54, 1.807) is 24.3 Å². The molecule has 0 radical (unpaired) electrons. The van der Waals surface area contributed by atoms with Crippen molar-refractivity contribution in [3.05, 3.63) is 58.1 Å². The summed E-state index contributed by atoms with van der Waals surface area (Å²) < 4.78 is 19.8. The third-order valence-corrected chi connectivity index (χ3v) is 6.09. The van der Waals surface area contributed by atoms with E-state index in [0.29, 0.717) is 21.3 Å². The van der Waals surface area contributed by atoms with Crippen molar-refractivity contribution in [3.8, 4) is 0 Å². The highest BCUT2D eigenvalue weighted by atomic mass is 35.5. The number of anilines is 1. The minimum atomic E-state index is -0.570. The van der Waals surface area contributed by atoms with Gasteiger partial charge in [0.2, 0.25) is 11.9 Å². The van der Waals surface area contributed by atoms with Crippen LogP contribution in [0.25, 0.3) is 0 Å². The number of carbonyl (C=O) groups is 1. The van der Waals surface area contributed by atoms with Crippen molar-refractivity contribution in [2.75, 3.05) is 12.4 Å². The lowest BCUT2D eigenvalue weighted by atomic mass is 9.73. The van der Waals surface area contributed by atoms with Crippen LogP contribution in [0.15, 0.2) is 36.5 Å². The van der Waals surface area contributed by atoms with Crippen LogP contribution in [0.5, 0.6) is 0 Å². The minimum absolute atomic E-state index is 0.116. The highest BCUT2D eigenvalue weighted by molar-refractivity contribution is 6.42. The summed E-state index contributed by atoms with van der Waals surface area (Å²) in [4.78, 5) is 16.7. The number of carbonyl (C=O) groups excluding carboxylic acids is 1. The number of hydrogen-bond acceptors (Lipinski definition) is 4. The molecular formula is C19H18Cl2FN3O2. The quantitative estimate of drug-likeness (QED) is 0.756. The summed E-state index contributed by atoms with van der Waals surface area (Å²) in [7, 11) is 1.86. The first kappa shape index (κ1) is 18.6. The Bertz CT molecular complexity index is 882. The zero-order valence-corrected chi connectivity index (χ0v) is 16.0. The second-order valence-corrected chi connectivity index (χ2v) is 7.67. The molecule has 5 nitrogen and oxygen atoms in total. The smallest absolute Gasteiger partial charge is 0.230 e. The van der Waals surface area contributed by atoms with E-state index in [0.717, 1.165) is 6.42 Å². The fraction of sp³-hybridized carbons (Fsp3) is 0.368. The maximum Gasteiger partial charge on any atom is 0.230 e. The molecule has 2 fully saturated rings. The molecule has 3 heterocycles. The van der Waals surface area contributed by atoms with Crippen molar-refractivity contribution >= 4 is 34.8 Å². The summed E-state index contributed by atoms with van der Waals surface area (Å²) in [6.07, 6.45) is 1.70. The molecule has 2 aliphatic rings. The molecule has 4 rings (SSSR count). The minimum Gasteiger partial charge on any atom is -0.372 e. The monoisotopic (exact) mass is 409 g/mol. The normalized spacial score (nSPS) is 29.1. The van der Waals surface area contributed by atoms with E-state index in [4.69, 9.17) is 27.9 Å². The lowest BCUT2D eigenvalue weighted by molar-refractivity contribution is -0.121. The highest BCUT2D eigenvalue weighted by Gasteiger charge is 2.56. The van der Waals surface area contributed by atoms with Crippen LogP contribution in [0.3, 0.4) is 0 Å². The van der Waals surface area contributed by atoms with Crippen LogP contribution in [-0.2, 0) is 9.53 Å². The van der Waals surface area contributed by atoms with Gasteiger partial charge in [0.25, 0.3) is 0 Å². The number of hydrogen-bond donors (Lipinski definition) is 2. The maximum absolute atomic E-state index is 13.7. The predicted octanol–water partition coefficient (Wildman–Crippen LogP) is 3.63. The van der Waals surface area contributed by atoms with Crippen molar-refractivity contribution in [1.29, 1.82) is 0 Å². The van der Waals surface area contributed by atoms with Crippen molar-refractivity contribution in [3.63, 3.8) is 0 Å². The molecule has 0 spiro atoms. The topological polar surface area (TPSA) is 63.2 Å². The van der Waals surface area contributed by atoms with Gasteiger partial charge in [-0.2, -0.15) is 4.39 Å². The van der Waals surface area contributed by atoms with Gasteiger partial charge >= 0.3 is 0 Å². The Balaban J connectivity index is 1.63. The summed E-state index contributed by atoms with van der Waals surface area (Å²) >= 11 is 12.0. The van der Waals surface area contributed by atoms with Crippen LogP contribution >= 0.6 is 23.2 Å². The lowest BCUT2D eigenvalue weighted by Gasteiger charge is -2.32. The molecular weight excluding hydrogens is 392 g/mol. The molecule has 1 aromatic heterocycles. The van der Waals surface area contributed by atoms with Gasteiger partial charge in [-0.25, -0.2) is 4.98 Å². The number of nitrogens with one attached hydrogen (secondary N) is 2. The molecule has 2 aromatic rings. The summed E-state index contributed by atoms with van der Waals surface area (Å²) in [6, 6.07) is 8.16.